The lowest BCUT2D eigenvalue weighted by Gasteiger charge is -2.39. The van der Waals surface area contributed by atoms with Crippen molar-refractivity contribution in [1.29, 1.82) is 0 Å². The van der Waals surface area contributed by atoms with Crippen molar-refractivity contribution in [3.63, 3.8) is 0 Å². The summed E-state index contributed by atoms with van der Waals surface area (Å²) >= 11 is 0. The summed E-state index contributed by atoms with van der Waals surface area (Å²) in [5, 5.41) is 3.69. The second kappa shape index (κ2) is 6.73. The summed E-state index contributed by atoms with van der Waals surface area (Å²) in [6, 6.07) is 12.3. The van der Waals surface area contributed by atoms with E-state index in [-0.39, 0.29) is 0 Å². The molecule has 20 heavy (non-hydrogen) atoms. The molecule has 1 aromatic carbocycles. The van der Waals surface area contributed by atoms with Crippen LogP contribution in [-0.2, 0) is 0 Å². The van der Waals surface area contributed by atoms with Gasteiger partial charge in [-0.1, -0.05) is 50.1 Å². The smallest absolute Gasteiger partial charge is 0.0449 e. The average Bonchev–Trinajstić information content (AvgIpc) is 2.73. The molecule has 0 radical (unpaired) electrons. The number of rotatable bonds is 2. The van der Waals surface area contributed by atoms with Gasteiger partial charge in [0.25, 0.3) is 0 Å². The van der Waals surface area contributed by atoms with Crippen molar-refractivity contribution >= 4 is 0 Å². The Labute approximate surface area is 123 Å². The summed E-state index contributed by atoms with van der Waals surface area (Å²) in [6.07, 6.45) is 7.09. The van der Waals surface area contributed by atoms with E-state index < -0.39 is 0 Å². The zero-order valence-corrected chi connectivity index (χ0v) is 12.7. The quantitative estimate of drug-likeness (QED) is 0.828. The molecule has 1 saturated carbocycles. The molecule has 2 fully saturated rings. The summed E-state index contributed by atoms with van der Waals surface area (Å²) in [5.74, 6) is 0.938. The molecular formula is C18H28N2. The SMILES string of the molecule is CC1CCCC(N2CCNC(c3ccccc3)C2)CC1. The topological polar surface area (TPSA) is 15.3 Å². The molecule has 3 rings (SSSR count). The van der Waals surface area contributed by atoms with Gasteiger partial charge in [-0.05, 0) is 30.7 Å². The number of benzene rings is 1. The van der Waals surface area contributed by atoms with Crippen LogP contribution in [0.5, 0.6) is 0 Å². The minimum absolute atomic E-state index is 0.519. The summed E-state index contributed by atoms with van der Waals surface area (Å²) < 4.78 is 0. The van der Waals surface area contributed by atoms with Crippen LogP contribution in [0.4, 0.5) is 0 Å². The third-order valence-corrected chi connectivity index (χ3v) is 5.15. The highest BCUT2D eigenvalue weighted by Gasteiger charge is 2.27. The molecule has 3 unspecified atom stereocenters. The average molecular weight is 272 g/mol. The van der Waals surface area contributed by atoms with E-state index in [4.69, 9.17) is 0 Å². The third-order valence-electron chi connectivity index (χ3n) is 5.15. The van der Waals surface area contributed by atoms with Gasteiger partial charge in [0, 0.05) is 31.7 Å². The number of hydrogen-bond donors (Lipinski definition) is 1. The predicted molar refractivity (Wildman–Crippen MR) is 84.8 cm³/mol. The van der Waals surface area contributed by atoms with Crippen LogP contribution < -0.4 is 5.32 Å². The van der Waals surface area contributed by atoms with Crippen molar-refractivity contribution in [2.45, 2.75) is 51.1 Å². The Balaban J connectivity index is 1.63. The van der Waals surface area contributed by atoms with Crippen LogP contribution in [0, 0.1) is 5.92 Å². The molecule has 0 bridgehead atoms. The van der Waals surface area contributed by atoms with Gasteiger partial charge < -0.3 is 5.32 Å². The van der Waals surface area contributed by atoms with Gasteiger partial charge in [-0.2, -0.15) is 0 Å². The fraction of sp³-hybridized carbons (Fsp3) is 0.667. The van der Waals surface area contributed by atoms with Gasteiger partial charge in [0.2, 0.25) is 0 Å². The molecule has 0 amide bonds. The van der Waals surface area contributed by atoms with E-state index in [1.165, 1.54) is 50.8 Å². The van der Waals surface area contributed by atoms with Crippen LogP contribution in [0.15, 0.2) is 30.3 Å². The lowest BCUT2D eigenvalue weighted by atomic mass is 10.00. The molecule has 1 aromatic rings. The first-order valence-electron chi connectivity index (χ1n) is 8.35. The zero-order valence-electron chi connectivity index (χ0n) is 12.7. The van der Waals surface area contributed by atoms with Gasteiger partial charge in [-0.3, -0.25) is 4.90 Å². The normalized spacial score (nSPS) is 32.8. The molecule has 1 aliphatic heterocycles. The van der Waals surface area contributed by atoms with Gasteiger partial charge >= 0.3 is 0 Å². The van der Waals surface area contributed by atoms with E-state index in [9.17, 15) is 0 Å². The maximum absolute atomic E-state index is 3.69. The summed E-state index contributed by atoms with van der Waals surface area (Å²) in [7, 11) is 0. The maximum atomic E-state index is 3.69. The lowest BCUT2D eigenvalue weighted by Crippen LogP contribution is -2.49. The van der Waals surface area contributed by atoms with Crippen LogP contribution in [0.1, 0.15) is 50.6 Å². The molecule has 110 valence electrons. The molecule has 2 nitrogen and oxygen atoms in total. The van der Waals surface area contributed by atoms with Crippen LogP contribution in [0.2, 0.25) is 0 Å². The Morgan fingerprint density at radius 2 is 1.90 bits per heavy atom. The Morgan fingerprint density at radius 1 is 1.05 bits per heavy atom. The molecule has 1 heterocycles. The highest BCUT2D eigenvalue weighted by molar-refractivity contribution is 5.19. The first kappa shape index (κ1) is 14.1. The molecule has 0 spiro atoms. The molecule has 1 N–H and O–H groups in total. The fourth-order valence-corrected chi connectivity index (χ4v) is 3.85. The zero-order chi connectivity index (χ0) is 13.8. The summed E-state index contributed by atoms with van der Waals surface area (Å²) in [5.41, 5.74) is 1.44. The van der Waals surface area contributed by atoms with Crippen molar-refractivity contribution < 1.29 is 0 Å². The van der Waals surface area contributed by atoms with Crippen LogP contribution in [0.25, 0.3) is 0 Å². The largest absolute Gasteiger partial charge is 0.308 e. The highest BCUT2D eigenvalue weighted by atomic mass is 15.2. The van der Waals surface area contributed by atoms with E-state index in [0.717, 1.165) is 18.5 Å². The fourth-order valence-electron chi connectivity index (χ4n) is 3.85. The van der Waals surface area contributed by atoms with E-state index in [1.807, 2.05) is 0 Å². The molecule has 1 aliphatic carbocycles. The standard InChI is InChI=1S/C18H28N2/c1-15-6-5-9-17(11-10-15)20-13-12-19-18(14-20)16-7-3-2-4-8-16/h2-4,7-8,15,17-19H,5-6,9-14H2,1H3. The van der Waals surface area contributed by atoms with Crippen molar-refractivity contribution in [2.75, 3.05) is 19.6 Å². The van der Waals surface area contributed by atoms with Gasteiger partial charge in [0.1, 0.15) is 0 Å². The van der Waals surface area contributed by atoms with Crippen LogP contribution in [-0.4, -0.2) is 30.6 Å². The van der Waals surface area contributed by atoms with Gasteiger partial charge in [-0.25, -0.2) is 0 Å². The summed E-state index contributed by atoms with van der Waals surface area (Å²) in [6.45, 7) is 5.96. The van der Waals surface area contributed by atoms with Crippen molar-refractivity contribution in [2.24, 2.45) is 5.92 Å². The molecular weight excluding hydrogens is 244 g/mol. The number of nitrogens with one attached hydrogen (secondary N) is 1. The highest BCUT2D eigenvalue weighted by Crippen LogP contribution is 2.28. The maximum Gasteiger partial charge on any atom is 0.0449 e. The first-order valence-corrected chi connectivity index (χ1v) is 8.35. The summed E-state index contributed by atoms with van der Waals surface area (Å²) in [4.78, 5) is 2.76. The molecule has 2 aliphatic rings. The van der Waals surface area contributed by atoms with Crippen molar-refractivity contribution in [1.82, 2.24) is 10.2 Å². The predicted octanol–water partition coefficient (Wildman–Crippen LogP) is 3.60. The number of nitrogens with zero attached hydrogens (tertiary/aromatic N) is 1. The Hall–Kier alpha value is -0.860. The van der Waals surface area contributed by atoms with Crippen LogP contribution in [0.3, 0.4) is 0 Å². The Kier molecular flexibility index (Phi) is 4.74. The van der Waals surface area contributed by atoms with Gasteiger partial charge in [0.05, 0.1) is 0 Å². The molecule has 3 atom stereocenters. The third kappa shape index (κ3) is 3.42. The first-order chi connectivity index (χ1) is 9.83. The van der Waals surface area contributed by atoms with Crippen LogP contribution >= 0.6 is 0 Å². The monoisotopic (exact) mass is 272 g/mol. The molecule has 1 saturated heterocycles. The Morgan fingerprint density at radius 3 is 2.75 bits per heavy atom. The Bertz CT molecular complexity index is 403. The van der Waals surface area contributed by atoms with Gasteiger partial charge in [0.15, 0.2) is 0 Å². The molecule has 0 aromatic heterocycles. The minimum atomic E-state index is 0.519. The van der Waals surface area contributed by atoms with E-state index in [2.05, 4.69) is 47.5 Å². The molecule has 2 heteroatoms. The van der Waals surface area contributed by atoms with Crippen molar-refractivity contribution in [3.8, 4) is 0 Å². The van der Waals surface area contributed by atoms with Gasteiger partial charge in [-0.15, -0.1) is 0 Å². The lowest BCUT2D eigenvalue weighted by molar-refractivity contribution is 0.131. The number of hydrogen-bond acceptors (Lipinski definition) is 2. The second-order valence-electron chi connectivity index (χ2n) is 6.68. The number of piperazine rings is 1. The minimum Gasteiger partial charge on any atom is -0.308 e. The van der Waals surface area contributed by atoms with E-state index in [0.29, 0.717) is 6.04 Å². The van der Waals surface area contributed by atoms with Crippen molar-refractivity contribution in [3.05, 3.63) is 35.9 Å². The van der Waals surface area contributed by atoms with E-state index in [1.54, 1.807) is 0 Å². The second-order valence-corrected chi connectivity index (χ2v) is 6.68. The van der Waals surface area contributed by atoms with E-state index >= 15 is 0 Å².